The van der Waals surface area contributed by atoms with Crippen molar-refractivity contribution >= 4 is 43.7 Å². The first-order valence-electron chi connectivity index (χ1n) is 12.7. The van der Waals surface area contributed by atoms with Crippen LogP contribution in [0.25, 0.3) is 39.0 Å². The zero-order valence-corrected chi connectivity index (χ0v) is 23.4. The number of rotatable bonds is 8. The lowest BCUT2D eigenvalue weighted by molar-refractivity contribution is 0.399. The Morgan fingerprint density at radius 3 is 2.55 bits per heavy atom. The molecule has 0 spiro atoms. The number of aromatic nitrogens is 6. The summed E-state index contributed by atoms with van der Waals surface area (Å²) < 4.78 is 61.5. The second-order valence-corrected chi connectivity index (χ2v) is 11.3. The van der Waals surface area contributed by atoms with E-state index < -0.39 is 27.7 Å². The Hall–Kier alpha value is -5.11. The van der Waals surface area contributed by atoms with Crippen molar-refractivity contribution in [3.05, 3.63) is 84.6 Å². The number of aromatic amines is 1. The standard InChI is InChI=1S/C28H24F2N8O3S/c1-15(27-35-22-7-8-23(41-2)36-28(22)38(27)20-11-17(29)10-18(30)12-20)34-26-24-21(13-31-25(24)32-14-33-26)16-5-4-6-19(9-16)37-42(3,39)40/h4-15,37H,1-3H3,(H2,31,32,33,34). The predicted octanol–water partition coefficient (Wildman–Crippen LogP) is 5.19. The molecule has 42 heavy (non-hydrogen) atoms. The molecule has 2 aromatic carbocycles. The second kappa shape index (κ2) is 10.4. The molecule has 0 bridgehead atoms. The number of H-pyrrole nitrogens is 1. The molecule has 3 N–H and O–H groups in total. The van der Waals surface area contributed by atoms with Crippen LogP contribution in [0.1, 0.15) is 18.8 Å². The monoisotopic (exact) mass is 590 g/mol. The molecule has 1 unspecified atom stereocenters. The van der Waals surface area contributed by atoms with E-state index >= 15 is 0 Å². The van der Waals surface area contributed by atoms with E-state index in [0.29, 0.717) is 45.4 Å². The fourth-order valence-electron chi connectivity index (χ4n) is 4.82. The van der Waals surface area contributed by atoms with Gasteiger partial charge in [0.1, 0.15) is 40.8 Å². The SMILES string of the molecule is COc1ccc2nc(C(C)Nc3ncnc4[nH]cc(-c5cccc(NS(C)(=O)=O)c5)c34)n(-c3cc(F)cc(F)c3)c2n1. The number of nitrogens with one attached hydrogen (secondary N) is 3. The lowest BCUT2D eigenvalue weighted by Gasteiger charge is -2.18. The minimum Gasteiger partial charge on any atom is -0.481 e. The number of hydrogen-bond acceptors (Lipinski definition) is 8. The van der Waals surface area contributed by atoms with E-state index in [1.807, 2.05) is 13.0 Å². The van der Waals surface area contributed by atoms with Gasteiger partial charge in [-0.25, -0.2) is 32.2 Å². The summed E-state index contributed by atoms with van der Waals surface area (Å²) in [4.78, 5) is 21.2. The van der Waals surface area contributed by atoms with Crippen molar-refractivity contribution in [3.8, 4) is 22.7 Å². The molecule has 0 aliphatic rings. The summed E-state index contributed by atoms with van der Waals surface area (Å²) >= 11 is 0. The minimum absolute atomic E-state index is 0.199. The van der Waals surface area contributed by atoms with Crippen molar-refractivity contribution < 1.29 is 21.9 Å². The Balaban J connectivity index is 1.46. The fourth-order valence-corrected chi connectivity index (χ4v) is 5.37. The molecule has 0 saturated heterocycles. The number of halogens is 2. The number of pyridine rings is 1. The molecule has 0 saturated carbocycles. The Kier molecular flexibility index (Phi) is 6.69. The Labute approximate surface area is 238 Å². The molecule has 4 aromatic heterocycles. The van der Waals surface area contributed by atoms with Gasteiger partial charge in [-0.1, -0.05) is 12.1 Å². The van der Waals surface area contributed by atoms with E-state index in [4.69, 9.17) is 9.72 Å². The first kappa shape index (κ1) is 27.1. The maximum Gasteiger partial charge on any atom is 0.229 e. The summed E-state index contributed by atoms with van der Waals surface area (Å²) in [6.45, 7) is 1.83. The second-order valence-electron chi connectivity index (χ2n) is 9.60. The number of methoxy groups -OCH3 is 1. The van der Waals surface area contributed by atoms with Gasteiger partial charge >= 0.3 is 0 Å². The van der Waals surface area contributed by atoms with Crippen LogP contribution in [-0.2, 0) is 10.0 Å². The van der Waals surface area contributed by atoms with Crippen LogP contribution in [0.3, 0.4) is 0 Å². The van der Waals surface area contributed by atoms with E-state index in [2.05, 4.69) is 30.0 Å². The number of anilines is 2. The molecule has 214 valence electrons. The van der Waals surface area contributed by atoms with Gasteiger partial charge in [-0.15, -0.1) is 0 Å². The average molecular weight is 591 g/mol. The van der Waals surface area contributed by atoms with Crippen LogP contribution in [0, 0.1) is 11.6 Å². The molecular weight excluding hydrogens is 566 g/mol. The van der Waals surface area contributed by atoms with Crippen LogP contribution in [-0.4, -0.2) is 51.3 Å². The third-order valence-corrected chi connectivity index (χ3v) is 7.11. The van der Waals surface area contributed by atoms with E-state index in [9.17, 15) is 17.2 Å². The highest BCUT2D eigenvalue weighted by Gasteiger charge is 2.23. The van der Waals surface area contributed by atoms with Crippen molar-refractivity contribution in [1.82, 2.24) is 29.5 Å². The maximum atomic E-state index is 14.3. The molecule has 1 atom stereocenters. The Bertz CT molecular complexity index is 2060. The zero-order chi connectivity index (χ0) is 29.6. The third-order valence-electron chi connectivity index (χ3n) is 6.51. The van der Waals surface area contributed by atoms with Gasteiger partial charge in [0, 0.05) is 29.6 Å². The Morgan fingerprint density at radius 1 is 1.02 bits per heavy atom. The number of sulfonamides is 1. The highest BCUT2D eigenvalue weighted by molar-refractivity contribution is 7.92. The average Bonchev–Trinajstić information content (AvgIpc) is 3.54. The number of ether oxygens (including phenoxy) is 1. The topological polar surface area (TPSA) is 140 Å². The lowest BCUT2D eigenvalue weighted by atomic mass is 10.1. The summed E-state index contributed by atoms with van der Waals surface area (Å²) in [6.07, 6.45) is 4.24. The van der Waals surface area contributed by atoms with Crippen LogP contribution < -0.4 is 14.8 Å². The van der Waals surface area contributed by atoms with E-state index in [1.54, 1.807) is 41.1 Å². The fraction of sp³-hybridized carbons (Fsp3) is 0.143. The smallest absolute Gasteiger partial charge is 0.229 e. The van der Waals surface area contributed by atoms with Crippen LogP contribution in [0.4, 0.5) is 20.3 Å². The molecule has 0 amide bonds. The van der Waals surface area contributed by atoms with E-state index in [1.165, 1.54) is 25.6 Å². The van der Waals surface area contributed by atoms with Crippen molar-refractivity contribution in [3.63, 3.8) is 0 Å². The summed E-state index contributed by atoms with van der Waals surface area (Å²) in [6, 6.07) is 13.0. The first-order valence-corrected chi connectivity index (χ1v) is 14.6. The first-order chi connectivity index (χ1) is 20.1. The van der Waals surface area contributed by atoms with Crippen molar-refractivity contribution in [2.75, 3.05) is 23.4 Å². The number of nitrogens with zero attached hydrogens (tertiary/aromatic N) is 5. The largest absolute Gasteiger partial charge is 0.481 e. The van der Waals surface area contributed by atoms with Gasteiger partial charge in [0.05, 0.1) is 30.5 Å². The van der Waals surface area contributed by atoms with Crippen molar-refractivity contribution in [2.24, 2.45) is 0 Å². The molecule has 0 aliphatic carbocycles. The number of imidazole rings is 1. The molecule has 0 fully saturated rings. The third kappa shape index (κ3) is 5.19. The van der Waals surface area contributed by atoms with Gasteiger partial charge in [0.15, 0.2) is 5.65 Å². The molecule has 11 nitrogen and oxygen atoms in total. The predicted molar refractivity (Wildman–Crippen MR) is 155 cm³/mol. The van der Waals surface area contributed by atoms with Gasteiger partial charge in [-0.05, 0) is 42.8 Å². The maximum absolute atomic E-state index is 14.3. The zero-order valence-electron chi connectivity index (χ0n) is 22.6. The quantitative estimate of drug-likeness (QED) is 0.220. The summed E-state index contributed by atoms with van der Waals surface area (Å²) in [5, 5.41) is 4.02. The highest BCUT2D eigenvalue weighted by Crippen LogP contribution is 2.35. The Morgan fingerprint density at radius 2 is 1.81 bits per heavy atom. The van der Waals surface area contributed by atoms with E-state index in [-0.39, 0.29) is 5.69 Å². The number of hydrogen-bond donors (Lipinski definition) is 3. The molecule has 0 aliphatic heterocycles. The van der Waals surface area contributed by atoms with Crippen molar-refractivity contribution in [1.29, 1.82) is 0 Å². The van der Waals surface area contributed by atoms with Crippen LogP contribution in [0.2, 0.25) is 0 Å². The summed E-state index contributed by atoms with van der Waals surface area (Å²) in [7, 11) is -2.00. The lowest BCUT2D eigenvalue weighted by Crippen LogP contribution is -2.14. The molecule has 6 rings (SSSR count). The minimum atomic E-state index is -3.47. The molecule has 0 radical (unpaired) electrons. The van der Waals surface area contributed by atoms with Crippen LogP contribution in [0.15, 0.2) is 67.1 Å². The molecule has 4 heterocycles. The van der Waals surface area contributed by atoms with Gasteiger partial charge in [-0.2, -0.15) is 4.98 Å². The van der Waals surface area contributed by atoms with Gasteiger partial charge < -0.3 is 15.0 Å². The summed E-state index contributed by atoms with van der Waals surface area (Å²) in [5.74, 6) is -0.305. The summed E-state index contributed by atoms with van der Waals surface area (Å²) in [5.41, 5.74) is 3.45. The molecule has 6 aromatic rings. The van der Waals surface area contributed by atoms with Gasteiger partial charge in [0.25, 0.3) is 0 Å². The number of benzene rings is 2. The van der Waals surface area contributed by atoms with E-state index in [0.717, 1.165) is 23.4 Å². The van der Waals surface area contributed by atoms with Gasteiger partial charge in [0.2, 0.25) is 15.9 Å². The highest BCUT2D eigenvalue weighted by atomic mass is 32.2. The number of fused-ring (bicyclic) bond motifs is 2. The van der Waals surface area contributed by atoms with Gasteiger partial charge in [-0.3, -0.25) is 9.29 Å². The normalized spacial score (nSPS) is 12.5. The molecule has 14 heteroatoms. The van der Waals surface area contributed by atoms with Crippen LogP contribution in [0.5, 0.6) is 5.88 Å². The van der Waals surface area contributed by atoms with Crippen LogP contribution >= 0.6 is 0 Å². The molecular formula is C28H24F2N8O3S. The van der Waals surface area contributed by atoms with Crippen molar-refractivity contribution in [2.45, 2.75) is 13.0 Å².